The molecule has 4 N–H and O–H groups in total. The van der Waals surface area contributed by atoms with Crippen LogP contribution in [0.15, 0.2) is 42.5 Å². The van der Waals surface area contributed by atoms with Crippen LogP contribution in [0.2, 0.25) is 0 Å². The van der Waals surface area contributed by atoms with E-state index in [1.165, 1.54) is 17.4 Å². The summed E-state index contributed by atoms with van der Waals surface area (Å²) < 4.78 is 25.2. The number of nitrogens with one attached hydrogen (secondary N) is 1. The van der Waals surface area contributed by atoms with Crippen molar-refractivity contribution in [3.8, 4) is 10.4 Å². The highest BCUT2D eigenvalue weighted by Gasteiger charge is 2.18. The monoisotopic (exact) mass is 459 g/mol. The molecule has 0 saturated carbocycles. The summed E-state index contributed by atoms with van der Waals surface area (Å²) in [4.78, 5) is 17.0. The number of pyridine rings is 1. The number of ether oxygens (including phenoxy) is 2. The number of aromatic nitrogens is 1. The van der Waals surface area contributed by atoms with Crippen LogP contribution in [-0.2, 0) is 16.1 Å². The van der Waals surface area contributed by atoms with Crippen molar-refractivity contribution in [2.75, 3.05) is 25.6 Å². The Kier molecular flexibility index (Phi) is 8.29. The van der Waals surface area contributed by atoms with E-state index in [1.807, 2.05) is 19.1 Å². The topological polar surface area (TPSA) is 107 Å². The summed E-state index contributed by atoms with van der Waals surface area (Å²) in [5.41, 5.74) is 7.33. The molecule has 1 unspecified atom stereocenters. The highest BCUT2D eigenvalue weighted by atomic mass is 32.1. The number of aliphatic hydroxyl groups excluding tert-OH is 1. The fourth-order valence-electron chi connectivity index (χ4n) is 3.04. The first kappa shape index (κ1) is 23.8. The summed E-state index contributed by atoms with van der Waals surface area (Å²) in [5, 5.41) is 13.5. The second-order valence-corrected chi connectivity index (χ2v) is 8.12. The molecule has 0 aliphatic heterocycles. The number of methoxy groups -OCH3 is 1. The predicted molar refractivity (Wildman–Crippen MR) is 123 cm³/mol. The minimum Gasteiger partial charge on any atom is -0.388 e. The number of primary amides is 1. The number of rotatable bonds is 11. The molecular weight excluding hydrogens is 433 g/mol. The lowest BCUT2D eigenvalue weighted by molar-refractivity contribution is 0.0602. The van der Waals surface area contributed by atoms with Crippen molar-refractivity contribution < 1.29 is 23.8 Å². The van der Waals surface area contributed by atoms with Crippen LogP contribution in [0.4, 0.5) is 15.2 Å². The molecule has 2 aromatic heterocycles. The Morgan fingerprint density at radius 1 is 1.28 bits per heavy atom. The highest BCUT2D eigenvalue weighted by Crippen LogP contribution is 2.38. The SMILES string of the molecule is CCC(O)c1ccc(-c2cc(C(N)=O)c(Nc3cccc(COCCOC)n3)s2)c(F)c1. The van der Waals surface area contributed by atoms with E-state index in [0.717, 1.165) is 0 Å². The second-order valence-electron chi connectivity index (χ2n) is 7.07. The molecule has 1 amide bonds. The van der Waals surface area contributed by atoms with Gasteiger partial charge in [0.1, 0.15) is 16.6 Å². The zero-order valence-electron chi connectivity index (χ0n) is 17.9. The predicted octanol–water partition coefficient (Wildman–Crippen LogP) is 4.40. The number of hydrogen-bond donors (Lipinski definition) is 3. The number of hydrogen-bond acceptors (Lipinski definition) is 7. The van der Waals surface area contributed by atoms with Crippen molar-refractivity contribution in [2.24, 2.45) is 5.73 Å². The Hall–Kier alpha value is -2.85. The van der Waals surface area contributed by atoms with E-state index >= 15 is 0 Å². The van der Waals surface area contributed by atoms with E-state index in [0.29, 0.717) is 58.8 Å². The average molecular weight is 460 g/mol. The Bertz CT molecular complexity index is 1070. The molecule has 0 aliphatic carbocycles. The van der Waals surface area contributed by atoms with Gasteiger partial charge in [-0.3, -0.25) is 4.79 Å². The molecule has 0 radical (unpaired) electrons. The van der Waals surface area contributed by atoms with Crippen LogP contribution in [0, 0.1) is 5.82 Å². The molecule has 0 aliphatic rings. The Labute approximate surface area is 190 Å². The molecule has 0 fully saturated rings. The van der Waals surface area contributed by atoms with Gasteiger partial charge in [0.2, 0.25) is 0 Å². The first-order valence-corrected chi connectivity index (χ1v) is 11.0. The molecule has 32 heavy (non-hydrogen) atoms. The average Bonchev–Trinajstić information content (AvgIpc) is 3.20. The summed E-state index contributed by atoms with van der Waals surface area (Å²) in [7, 11) is 1.60. The molecule has 1 atom stereocenters. The standard InChI is InChI=1S/C23H26FN3O4S/c1-3-19(28)14-7-8-16(18(24)11-14)20-12-17(22(25)29)23(32-20)27-21-6-4-5-15(26-21)13-31-10-9-30-2/h4-8,11-12,19,28H,3,9-10,13H2,1-2H3,(H2,25,29)(H,26,27). The maximum absolute atomic E-state index is 14.8. The third-order valence-corrected chi connectivity index (χ3v) is 5.84. The third kappa shape index (κ3) is 5.89. The largest absolute Gasteiger partial charge is 0.388 e. The van der Waals surface area contributed by atoms with Gasteiger partial charge in [0, 0.05) is 17.6 Å². The van der Waals surface area contributed by atoms with Crippen molar-refractivity contribution in [1.82, 2.24) is 4.98 Å². The van der Waals surface area contributed by atoms with E-state index in [4.69, 9.17) is 15.2 Å². The number of nitrogens with two attached hydrogens (primary N) is 1. The van der Waals surface area contributed by atoms with Gasteiger partial charge in [-0.1, -0.05) is 25.1 Å². The maximum Gasteiger partial charge on any atom is 0.251 e. The molecule has 0 bridgehead atoms. The van der Waals surface area contributed by atoms with E-state index in [9.17, 15) is 14.3 Å². The Morgan fingerprint density at radius 3 is 2.78 bits per heavy atom. The van der Waals surface area contributed by atoms with E-state index < -0.39 is 17.8 Å². The number of benzene rings is 1. The lowest BCUT2D eigenvalue weighted by Crippen LogP contribution is -2.11. The zero-order chi connectivity index (χ0) is 23.1. The number of nitrogens with zero attached hydrogens (tertiary/aromatic N) is 1. The molecule has 9 heteroatoms. The van der Waals surface area contributed by atoms with Crippen molar-refractivity contribution in [2.45, 2.75) is 26.1 Å². The number of aliphatic hydroxyl groups is 1. The summed E-state index contributed by atoms with van der Waals surface area (Å²) >= 11 is 1.20. The molecule has 1 aromatic carbocycles. The molecule has 7 nitrogen and oxygen atoms in total. The van der Waals surface area contributed by atoms with Gasteiger partial charge >= 0.3 is 0 Å². The van der Waals surface area contributed by atoms with Gasteiger partial charge in [0.05, 0.1) is 37.2 Å². The van der Waals surface area contributed by atoms with E-state index in [-0.39, 0.29) is 5.56 Å². The second kappa shape index (κ2) is 11.1. The first-order valence-electron chi connectivity index (χ1n) is 10.1. The first-order chi connectivity index (χ1) is 15.4. The van der Waals surface area contributed by atoms with Crippen LogP contribution in [0.1, 0.15) is 41.1 Å². The lowest BCUT2D eigenvalue weighted by Gasteiger charge is -2.09. The van der Waals surface area contributed by atoms with Gasteiger partial charge in [-0.25, -0.2) is 9.37 Å². The number of amides is 1. The lowest BCUT2D eigenvalue weighted by atomic mass is 10.0. The van der Waals surface area contributed by atoms with Crippen molar-refractivity contribution >= 4 is 28.1 Å². The molecule has 0 saturated heterocycles. The molecule has 170 valence electrons. The summed E-state index contributed by atoms with van der Waals surface area (Å²) in [6.45, 7) is 3.09. The zero-order valence-corrected chi connectivity index (χ0v) is 18.7. The van der Waals surface area contributed by atoms with Gasteiger partial charge < -0.3 is 25.6 Å². The molecule has 3 rings (SSSR count). The van der Waals surface area contributed by atoms with Gasteiger partial charge in [-0.05, 0) is 36.2 Å². The normalized spacial score (nSPS) is 12.0. The molecule has 2 heterocycles. The van der Waals surface area contributed by atoms with E-state index in [1.54, 1.807) is 31.4 Å². The van der Waals surface area contributed by atoms with Crippen molar-refractivity contribution in [3.63, 3.8) is 0 Å². The minimum atomic E-state index is -0.725. The molecule has 0 spiro atoms. The number of halogens is 1. The number of anilines is 2. The fourth-order valence-corrected chi connectivity index (χ4v) is 4.14. The highest BCUT2D eigenvalue weighted by molar-refractivity contribution is 7.19. The molecular formula is C23H26FN3O4S. The summed E-state index contributed by atoms with van der Waals surface area (Å²) in [6.07, 6.45) is -0.238. The van der Waals surface area contributed by atoms with Gasteiger partial charge in [0.25, 0.3) is 5.91 Å². The van der Waals surface area contributed by atoms with Crippen LogP contribution >= 0.6 is 11.3 Å². The van der Waals surface area contributed by atoms with Crippen LogP contribution in [0.5, 0.6) is 0 Å². The number of carbonyl (C=O) groups is 1. The fraction of sp³-hybridized carbons (Fsp3) is 0.304. The minimum absolute atomic E-state index is 0.241. The van der Waals surface area contributed by atoms with Crippen molar-refractivity contribution in [3.05, 3.63) is 65.1 Å². The van der Waals surface area contributed by atoms with Crippen LogP contribution in [0.3, 0.4) is 0 Å². The Morgan fingerprint density at radius 2 is 2.09 bits per heavy atom. The van der Waals surface area contributed by atoms with Gasteiger partial charge in [0.15, 0.2) is 0 Å². The molecule has 3 aromatic rings. The summed E-state index contributed by atoms with van der Waals surface area (Å²) in [6, 6.07) is 11.5. The smallest absolute Gasteiger partial charge is 0.251 e. The summed E-state index contributed by atoms with van der Waals surface area (Å²) in [5.74, 6) is -0.602. The van der Waals surface area contributed by atoms with Crippen LogP contribution in [0.25, 0.3) is 10.4 Å². The van der Waals surface area contributed by atoms with Crippen LogP contribution < -0.4 is 11.1 Å². The Balaban J connectivity index is 1.84. The number of carbonyl (C=O) groups excluding carboxylic acids is 1. The van der Waals surface area contributed by atoms with E-state index in [2.05, 4.69) is 10.3 Å². The van der Waals surface area contributed by atoms with Crippen LogP contribution in [-0.4, -0.2) is 36.3 Å². The van der Waals surface area contributed by atoms with Crippen molar-refractivity contribution in [1.29, 1.82) is 0 Å². The third-order valence-electron chi connectivity index (χ3n) is 4.76. The quantitative estimate of drug-likeness (QED) is 0.367. The van der Waals surface area contributed by atoms with Gasteiger partial charge in [-0.2, -0.15) is 0 Å². The van der Waals surface area contributed by atoms with Gasteiger partial charge in [-0.15, -0.1) is 11.3 Å². The maximum atomic E-state index is 14.8. The number of thiophene rings is 1.